The maximum absolute atomic E-state index is 12.6. The van der Waals surface area contributed by atoms with Gasteiger partial charge >= 0.3 is 11.4 Å². The third-order valence-electron chi connectivity index (χ3n) is 8.74. The fraction of sp³-hybridized carbons (Fsp3) is 0.359. The van der Waals surface area contributed by atoms with E-state index in [-0.39, 0.29) is 44.6 Å². The molecule has 2 aromatic rings. The third-order valence-corrected chi connectivity index (χ3v) is 16.4. The van der Waals surface area contributed by atoms with Gasteiger partial charge in [0.1, 0.15) is 0 Å². The van der Waals surface area contributed by atoms with Gasteiger partial charge in [-0.2, -0.15) is 9.58 Å². The van der Waals surface area contributed by atoms with E-state index >= 15 is 0 Å². The zero-order chi connectivity index (χ0) is 42.1. The topological polar surface area (TPSA) is 226 Å². The van der Waals surface area contributed by atoms with Crippen molar-refractivity contribution in [1.82, 2.24) is 0 Å². The van der Waals surface area contributed by atoms with Crippen molar-refractivity contribution in [2.24, 2.45) is 0 Å². The summed E-state index contributed by atoms with van der Waals surface area (Å²) >= 11 is 0. The molecule has 0 spiro atoms. The second kappa shape index (κ2) is 15.6. The molecule has 0 aromatic heterocycles. The molecule has 0 saturated carbocycles. The molecule has 13 nitrogen and oxygen atoms in total. The molecule has 3 aliphatic rings. The summed E-state index contributed by atoms with van der Waals surface area (Å²) in [5.74, 6) is -1.05. The van der Waals surface area contributed by atoms with Crippen LogP contribution in [0.4, 0.5) is 0 Å². The summed E-state index contributed by atoms with van der Waals surface area (Å²) in [4.78, 5) is 41.5. The highest BCUT2D eigenvalue weighted by atomic mass is 32.2. The lowest BCUT2D eigenvalue weighted by Crippen LogP contribution is -2.32. The Morgan fingerprint density at radius 1 is 0.582 bits per heavy atom. The van der Waals surface area contributed by atoms with Crippen LogP contribution >= 0.6 is 0 Å². The van der Waals surface area contributed by atoms with E-state index in [1.807, 2.05) is 0 Å². The number of fused-ring (bicyclic) bond motifs is 2. The van der Waals surface area contributed by atoms with Gasteiger partial charge in [-0.1, -0.05) is 43.0 Å². The van der Waals surface area contributed by atoms with E-state index < -0.39 is 55.3 Å². The fourth-order valence-corrected chi connectivity index (χ4v) is 9.44. The van der Waals surface area contributed by atoms with Gasteiger partial charge in [0.25, 0.3) is 11.6 Å². The molecule has 55 heavy (non-hydrogen) atoms. The molecule has 0 atom stereocenters. The van der Waals surface area contributed by atoms with Crippen molar-refractivity contribution in [3.63, 3.8) is 0 Å². The molecule has 16 heteroatoms. The molecule has 2 aromatic carbocycles. The highest BCUT2D eigenvalue weighted by Gasteiger charge is 2.41. The number of carbonyl (C=O) groups is 3. The summed E-state index contributed by atoms with van der Waals surface area (Å²) in [5.41, 5.74) is 18.7. The number of nitrogens with zero attached hydrogens (tertiary/aromatic N) is 4. The monoisotopic (exact) mass is 808 g/mol. The minimum absolute atomic E-state index is 0.00741. The summed E-state index contributed by atoms with van der Waals surface area (Å²) in [6, 6.07) is 10.9. The van der Waals surface area contributed by atoms with Crippen molar-refractivity contribution >= 4 is 69.3 Å². The third kappa shape index (κ3) is 8.79. The minimum Gasteiger partial charge on any atom is -0.361 e. The molecule has 5 rings (SSSR count). The molecular weight excluding hydrogens is 765 g/mol. The first kappa shape index (κ1) is 44.4. The lowest BCUT2D eigenvalue weighted by Gasteiger charge is -2.23. The first-order chi connectivity index (χ1) is 25.1. The first-order valence-corrected chi connectivity index (χ1v) is 21.3. The van der Waals surface area contributed by atoms with Gasteiger partial charge in [-0.25, -0.2) is 25.3 Å². The van der Waals surface area contributed by atoms with Crippen molar-refractivity contribution < 1.29 is 49.2 Å². The Kier molecular flexibility index (Phi) is 12.6. The lowest BCUT2D eigenvalue weighted by atomic mass is 9.95. The first-order valence-electron chi connectivity index (χ1n) is 16.9. The average Bonchev–Trinajstić information content (AvgIpc) is 3.08. The molecule has 0 amide bonds. The molecular formula is C39H44N4O9S3. The summed E-state index contributed by atoms with van der Waals surface area (Å²) < 4.78 is 71.6. The standard InChI is InChI=1S/2C14H14N2O3S.C11H16O3S/c1-14(2,3)20(18,19)12-6-4-5-10-9(12)7-8-11(16-15)13(10)17;1-14(2,3)20(18,19)12-8-11(16-15)13(17)10-7-5-4-6-9(10)12;1-8-7-9(5-6-10(8)12)15(13,14)11(2,3)4/h2*4-8H,1-3H3;7H,1,5-6H2,2-4H3. The van der Waals surface area contributed by atoms with Crippen LogP contribution in [-0.2, 0) is 34.3 Å². The van der Waals surface area contributed by atoms with E-state index in [1.54, 1.807) is 80.5 Å². The van der Waals surface area contributed by atoms with E-state index in [0.29, 0.717) is 28.0 Å². The maximum Gasteiger partial charge on any atom is 0.364 e. The number of hydrogen-bond donors (Lipinski definition) is 0. The quantitative estimate of drug-likeness (QED) is 0.194. The summed E-state index contributed by atoms with van der Waals surface area (Å²) in [6.45, 7) is 18.1. The molecule has 0 saturated heterocycles. The van der Waals surface area contributed by atoms with Crippen LogP contribution in [0.25, 0.3) is 22.0 Å². The number of rotatable bonds is 3. The van der Waals surface area contributed by atoms with Gasteiger partial charge in [0.15, 0.2) is 35.3 Å². The van der Waals surface area contributed by atoms with Crippen LogP contribution in [-0.4, -0.2) is 77.8 Å². The minimum atomic E-state index is -3.66. The van der Waals surface area contributed by atoms with Gasteiger partial charge < -0.3 is 11.1 Å². The average molecular weight is 809 g/mol. The Balaban J connectivity index is 0.000000224. The molecule has 0 heterocycles. The number of carbonyl (C=O) groups excluding carboxylic acids is 3. The zero-order valence-corrected chi connectivity index (χ0v) is 34.6. The highest BCUT2D eigenvalue weighted by molar-refractivity contribution is 8.01. The predicted octanol–water partition coefficient (Wildman–Crippen LogP) is 6.25. The maximum atomic E-state index is 12.6. The molecule has 0 radical (unpaired) electrons. The highest BCUT2D eigenvalue weighted by Crippen LogP contribution is 2.36. The number of ketones is 3. The SMILES string of the molecule is C=C1C=C(S(=O)(=O)C(C)(C)C)CCC1=O.CC(C)(C)S(=O)(=O)C1=CC(=[N+]=[N-])C(=O)c2ccccc21.CC(C)(C)S(=O)(=O)c1cccc2c1C=CC(=[N+]=[N-])C2=O. The Morgan fingerprint density at radius 2 is 1.07 bits per heavy atom. The molecule has 0 bridgehead atoms. The van der Waals surface area contributed by atoms with Crippen molar-refractivity contribution in [3.05, 3.63) is 111 Å². The van der Waals surface area contributed by atoms with Crippen LogP contribution < -0.4 is 0 Å². The van der Waals surface area contributed by atoms with Gasteiger partial charge in [0, 0.05) is 45.2 Å². The van der Waals surface area contributed by atoms with Crippen molar-refractivity contribution in [2.45, 2.75) is 94.3 Å². The Morgan fingerprint density at radius 3 is 1.56 bits per heavy atom. The van der Waals surface area contributed by atoms with Gasteiger partial charge in [0.05, 0.1) is 30.1 Å². The molecule has 0 fully saturated rings. The van der Waals surface area contributed by atoms with Crippen LogP contribution in [0.2, 0.25) is 0 Å². The van der Waals surface area contributed by atoms with Crippen LogP contribution in [0, 0.1) is 0 Å². The van der Waals surface area contributed by atoms with Crippen molar-refractivity contribution in [1.29, 1.82) is 0 Å². The molecule has 0 unspecified atom stereocenters. The smallest absolute Gasteiger partial charge is 0.361 e. The van der Waals surface area contributed by atoms with Gasteiger partial charge in [-0.3, -0.25) is 14.4 Å². The van der Waals surface area contributed by atoms with E-state index in [0.717, 1.165) is 6.08 Å². The fourth-order valence-electron chi connectivity index (χ4n) is 5.21. The normalized spacial score (nSPS) is 16.2. The van der Waals surface area contributed by atoms with Gasteiger partial charge in [-0.05, 0) is 87.0 Å². The van der Waals surface area contributed by atoms with E-state index in [1.165, 1.54) is 42.5 Å². The van der Waals surface area contributed by atoms with Gasteiger partial charge in [0.2, 0.25) is 0 Å². The van der Waals surface area contributed by atoms with Gasteiger partial charge in [-0.15, -0.1) is 0 Å². The number of sulfone groups is 3. The van der Waals surface area contributed by atoms with Crippen molar-refractivity contribution in [2.75, 3.05) is 0 Å². The van der Waals surface area contributed by atoms with E-state index in [4.69, 9.17) is 11.1 Å². The number of Topliss-reactive ketones (excluding diaryl/α,β-unsaturated/α-hetero) is 3. The van der Waals surface area contributed by atoms with E-state index in [9.17, 15) is 39.6 Å². The predicted molar refractivity (Wildman–Crippen MR) is 212 cm³/mol. The lowest BCUT2D eigenvalue weighted by molar-refractivity contribution is -0.115. The van der Waals surface area contributed by atoms with Crippen LogP contribution in [0.15, 0.2) is 82.6 Å². The second-order valence-corrected chi connectivity index (χ2v) is 23.7. The molecule has 292 valence electrons. The largest absolute Gasteiger partial charge is 0.364 e. The van der Waals surface area contributed by atoms with Crippen LogP contribution in [0.3, 0.4) is 0 Å². The van der Waals surface area contributed by atoms with Crippen LogP contribution in [0.5, 0.6) is 0 Å². The van der Waals surface area contributed by atoms with Crippen LogP contribution in [0.1, 0.15) is 107 Å². The number of hydrogen-bond acceptors (Lipinski definition) is 9. The second-order valence-electron chi connectivity index (χ2n) is 15.6. The Hall–Kier alpha value is -4.98. The summed E-state index contributed by atoms with van der Waals surface area (Å²) in [5, 5.41) is 0. The number of allylic oxidation sites excluding steroid dienone is 5. The zero-order valence-electron chi connectivity index (χ0n) is 32.2. The number of benzene rings is 2. The molecule has 0 N–H and O–H groups in total. The Bertz CT molecular complexity index is 2540. The molecule has 3 aliphatic carbocycles. The summed E-state index contributed by atoms with van der Waals surface area (Å²) in [6.07, 6.45) is 5.89. The van der Waals surface area contributed by atoms with E-state index in [2.05, 4.69) is 16.2 Å². The molecule has 0 aliphatic heterocycles. The summed E-state index contributed by atoms with van der Waals surface area (Å²) in [7, 11) is -10.5. The Labute approximate surface area is 322 Å². The van der Waals surface area contributed by atoms with Crippen molar-refractivity contribution in [3.8, 4) is 0 Å².